The van der Waals surface area contributed by atoms with Crippen LogP contribution in [0.25, 0.3) is 0 Å². The number of benzene rings is 6. The zero-order chi connectivity index (χ0) is 31.1. The van der Waals surface area contributed by atoms with Crippen LogP contribution in [-0.2, 0) is 20.4 Å². The van der Waals surface area contributed by atoms with Crippen LogP contribution in [0.3, 0.4) is 0 Å². The van der Waals surface area contributed by atoms with Crippen molar-refractivity contribution in [3.63, 3.8) is 0 Å². The summed E-state index contributed by atoms with van der Waals surface area (Å²) < 4.78 is 0. The number of hydrogen-bond donors (Lipinski definition) is 0. The van der Waals surface area contributed by atoms with Gasteiger partial charge in [-0.2, -0.15) is 0 Å². The first-order valence-electron chi connectivity index (χ1n) is 15.3. The number of hydrogen-bond acceptors (Lipinski definition) is 0. The minimum absolute atomic E-state index is 0. The Hall–Kier alpha value is -2.87. The molecule has 0 aliphatic rings. The minimum Gasteiger partial charge on any atom is -0.147 e. The Kier molecular flexibility index (Phi) is 14.6. The SMILES string of the molecule is Cc1ccccc1P(c1ccccc1C)c1ccccc1C.Cc1ccccc1P(c1ccccc1C)c1ccccc1C.Cl.[Pd]. The third-order valence-corrected chi connectivity index (χ3v) is 14.0. The van der Waals surface area contributed by atoms with Crippen LogP contribution >= 0.6 is 28.3 Å². The van der Waals surface area contributed by atoms with Gasteiger partial charge in [-0.25, -0.2) is 0 Å². The first-order chi connectivity index (χ1) is 21.4. The van der Waals surface area contributed by atoms with Gasteiger partial charge in [0.25, 0.3) is 0 Å². The fraction of sp³-hybridized carbons (Fsp3) is 0.143. The molecule has 0 saturated carbocycles. The summed E-state index contributed by atoms with van der Waals surface area (Å²) >= 11 is 0. The van der Waals surface area contributed by atoms with Crippen molar-refractivity contribution in [2.45, 2.75) is 41.5 Å². The first kappa shape index (κ1) is 37.6. The van der Waals surface area contributed by atoms with Crippen molar-refractivity contribution in [3.8, 4) is 0 Å². The molecule has 0 atom stereocenters. The third kappa shape index (κ3) is 8.73. The molecule has 0 nitrogen and oxygen atoms in total. The Bertz CT molecular complexity index is 1510. The molecule has 0 N–H and O–H groups in total. The van der Waals surface area contributed by atoms with Crippen LogP contribution in [0.2, 0.25) is 0 Å². The fourth-order valence-electron chi connectivity index (χ4n) is 5.66. The molecule has 0 radical (unpaired) electrons. The van der Waals surface area contributed by atoms with Crippen molar-refractivity contribution in [2.75, 3.05) is 0 Å². The van der Waals surface area contributed by atoms with Crippen molar-refractivity contribution in [1.29, 1.82) is 0 Å². The zero-order valence-corrected chi connectivity index (χ0v) is 31.6. The molecular weight excluding hydrogens is 708 g/mol. The average molecular weight is 752 g/mol. The molecule has 4 heteroatoms. The van der Waals surface area contributed by atoms with Gasteiger partial charge in [0.05, 0.1) is 0 Å². The molecule has 0 aromatic heterocycles. The molecule has 0 saturated heterocycles. The van der Waals surface area contributed by atoms with Crippen LogP contribution in [0.5, 0.6) is 0 Å². The standard InChI is InChI=1S/2C21H21P.ClH.Pd/c2*1-16-10-4-7-13-19(16)22(20-14-8-5-11-17(20)2)21-15-9-6-12-18(21)3;;/h2*4-15H,1-3H3;1H;. The summed E-state index contributed by atoms with van der Waals surface area (Å²) in [5.41, 5.74) is 8.25. The topological polar surface area (TPSA) is 0 Å². The molecule has 6 aromatic rings. The number of rotatable bonds is 6. The van der Waals surface area contributed by atoms with Gasteiger partial charge in [0.2, 0.25) is 0 Å². The molecule has 0 bridgehead atoms. The molecule has 0 aliphatic heterocycles. The van der Waals surface area contributed by atoms with Gasteiger partial charge >= 0.3 is 0 Å². The van der Waals surface area contributed by atoms with Crippen molar-refractivity contribution < 1.29 is 20.4 Å². The van der Waals surface area contributed by atoms with Gasteiger partial charge in [0, 0.05) is 20.4 Å². The summed E-state index contributed by atoms with van der Waals surface area (Å²) in [4.78, 5) is 0. The van der Waals surface area contributed by atoms with E-state index in [1.165, 1.54) is 65.2 Å². The summed E-state index contributed by atoms with van der Waals surface area (Å²) in [6, 6.07) is 52.8. The van der Waals surface area contributed by atoms with Gasteiger partial charge in [0.1, 0.15) is 0 Å². The molecule has 0 heterocycles. The molecule has 6 rings (SSSR count). The average Bonchev–Trinajstić information content (AvgIpc) is 3.03. The Morgan fingerprint density at radius 2 is 0.391 bits per heavy atom. The second kappa shape index (κ2) is 17.9. The molecule has 0 fully saturated rings. The third-order valence-electron chi connectivity index (χ3n) is 8.14. The van der Waals surface area contributed by atoms with Gasteiger partial charge in [-0.15, -0.1) is 12.4 Å². The predicted octanol–water partition coefficient (Wildman–Crippen LogP) is 9.16. The predicted molar refractivity (Wildman–Crippen MR) is 206 cm³/mol. The summed E-state index contributed by atoms with van der Waals surface area (Å²) in [5.74, 6) is 0. The van der Waals surface area contributed by atoms with E-state index in [0.29, 0.717) is 0 Å². The minimum atomic E-state index is -0.508. The Morgan fingerprint density at radius 1 is 0.261 bits per heavy atom. The molecule has 0 aliphatic carbocycles. The smallest absolute Gasteiger partial charge is 0 e. The summed E-state index contributed by atoms with van der Waals surface area (Å²) in [7, 11) is -1.02. The Morgan fingerprint density at radius 3 is 0.522 bits per heavy atom. The summed E-state index contributed by atoms with van der Waals surface area (Å²) in [6.07, 6.45) is 0. The molecular formula is C42H43ClP2Pd. The van der Waals surface area contributed by atoms with Crippen LogP contribution in [0.1, 0.15) is 33.4 Å². The quantitative estimate of drug-likeness (QED) is 0.118. The Labute approximate surface area is 299 Å². The normalized spacial score (nSPS) is 10.4. The maximum atomic E-state index is 2.29. The maximum absolute atomic E-state index is 2.29. The molecule has 0 spiro atoms. The monoisotopic (exact) mass is 750 g/mol. The van der Waals surface area contributed by atoms with Crippen LogP contribution in [-0.4, -0.2) is 0 Å². The van der Waals surface area contributed by atoms with E-state index in [1.54, 1.807) is 0 Å². The number of halogens is 1. The summed E-state index contributed by atoms with van der Waals surface area (Å²) in [6.45, 7) is 13.3. The van der Waals surface area contributed by atoms with E-state index in [2.05, 4.69) is 187 Å². The van der Waals surface area contributed by atoms with E-state index in [1.807, 2.05) is 0 Å². The van der Waals surface area contributed by atoms with Crippen molar-refractivity contribution in [2.24, 2.45) is 0 Å². The van der Waals surface area contributed by atoms with E-state index < -0.39 is 15.8 Å². The second-order valence-electron chi connectivity index (χ2n) is 11.4. The zero-order valence-electron chi connectivity index (χ0n) is 27.5. The second-order valence-corrected chi connectivity index (χ2v) is 15.6. The number of aryl methyl sites for hydroxylation is 6. The van der Waals surface area contributed by atoms with Crippen molar-refractivity contribution in [1.82, 2.24) is 0 Å². The van der Waals surface area contributed by atoms with Crippen LogP contribution in [0.15, 0.2) is 146 Å². The van der Waals surface area contributed by atoms with Crippen LogP contribution < -0.4 is 31.8 Å². The Balaban J connectivity index is 0.000000240. The van der Waals surface area contributed by atoms with Gasteiger partial charge in [-0.1, -0.05) is 146 Å². The van der Waals surface area contributed by atoms with Gasteiger partial charge in [-0.05, 0) is 123 Å². The van der Waals surface area contributed by atoms with Crippen LogP contribution in [0, 0.1) is 41.5 Å². The van der Waals surface area contributed by atoms with Crippen LogP contribution in [0.4, 0.5) is 0 Å². The van der Waals surface area contributed by atoms with E-state index in [-0.39, 0.29) is 32.8 Å². The van der Waals surface area contributed by atoms with E-state index in [9.17, 15) is 0 Å². The van der Waals surface area contributed by atoms with Gasteiger partial charge in [0.15, 0.2) is 0 Å². The maximum Gasteiger partial charge on any atom is 0 e. The van der Waals surface area contributed by atoms with E-state index in [4.69, 9.17) is 0 Å². The van der Waals surface area contributed by atoms with E-state index in [0.717, 1.165) is 0 Å². The largest absolute Gasteiger partial charge is 0.147 e. The fourth-order valence-corrected chi connectivity index (χ4v) is 11.2. The van der Waals surface area contributed by atoms with Gasteiger partial charge in [-0.3, -0.25) is 0 Å². The van der Waals surface area contributed by atoms with Gasteiger partial charge < -0.3 is 0 Å². The molecule has 0 amide bonds. The summed E-state index contributed by atoms with van der Waals surface area (Å²) in [5, 5.41) is 8.76. The van der Waals surface area contributed by atoms with Crippen molar-refractivity contribution in [3.05, 3.63) is 179 Å². The van der Waals surface area contributed by atoms with Crippen molar-refractivity contribution >= 4 is 60.1 Å². The first-order valence-corrected chi connectivity index (χ1v) is 18.0. The molecule has 46 heavy (non-hydrogen) atoms. The van der Waals surface area contributed by atoms with E-state index >= 15 is 0 Å². The molecule has 238 valence electrons. The molecule has 0 unspecified atom stereocenters. The molecule has 6 aromatic carbocycles.